The minimum Gasteiger partial charge on any atom is -0.480 e. The highest BCUT2D eigenvalue weighted by molar-refractivity contribution is 5.97. The molecule has 0 radical (unpaired) electrons. The molecule has 0 bridgehead atoms. The van der Waals surface area contributed by atoms with Gasteiger partial charge in [-0.2, -0.15) is 0 Å². The highest BCUT2D eigenvalue weighted by Gasteiger charge is 2.23. The summed E-state index contributed by atoms with van der Waals surface area (Å²) in [5.41, 5.74) is 2.86. The normalized spacial score (nSPS) is 11.1. The minimum absolute atomic E-state index is 0.178. The fourth-order valence-corrected chi connectivity index (χ4v) is 2.39. The van der Waals surface area contributed by atoms with Gasteiger partial charge in [-0.15, -0.1) is 0 Å². The van der Waals surface area contributed by atoms with Crippen molar-refractivity contribution >= 4 is 22.8 Å². The van der Waals surface area contributed by atoms with Crippen LogP contribution in [0.1, 0.15) is 35.5 Å². The van der Waals surface area contributed by atoms with Crippen molar-refractivity contribution in [1.82, 2.24) is 4.90 Å². The molecule has 1 aromatic heterocycles. The zero-order valence-electron chi connectivity index (χ0n) is 13.3. The van der Waals surface area contributed by atoms with Gasteiger partial charge in [-0.3, -0.25) is 9.59 Å². The summed E-state index contributed by atoms with van der Waals surface area (Å²) in [5, 5.41) is 9.83. The van der Waals surface area contributed by atoms with Crippen LogP contribution in [0.4, 0.5) is 0 Å². The summed E-state index contributed by atoms with van der Waals surface area (Å²) < 4.78 is 5.63. The second kappa shape index (κ2) is 6.22. The van der Waals surface area contributed by atoms with Gasteiger partial charge >= 0.3 is 5.97 Å². The molecule has 0 atom stereocenters. The molecule has 0 unspecified atom stereocenters. The average Bonchev–Trinajstić information content (AvgIpc) is 2.79. The van der Waals surface area contributed by atoms with E-state index in [1.54, 1.807) is 6.07 Å². The summed E-state index contributed by atoms with van der Waals surface area (Å²) in [5.74, 6) is -1.06. The number of rotatable bonds is 5. The maximum atomic E-state index is 12.5. The number of hydrogen-bond donors (Lipinski definition) is 1. The van der Waals surface area contributed by atoms with Crippen molar-refractivity contribution in [3.63, 3.8) is 0 Å². The molecule has 0 saturated heterocycles. The molecule has 5 heteroatoms. The Kier molecular flexibility index (Phi) is 4.54. The third-order valence-electron chi connectivity index (χ3n) is 3.54. The van der Waals surface area contributed by atoms with Crippen LogP contribution in [0.15, 0.2) is 22.6 Å². The van der Waals surface area contributed by atoms with E-state index in [9.17, 15) is 9.59 Å². The van der Waals surface area contributed by atoms with Crippen LogP contribution in [0, 0.1) is 19.8 Å². The molecule has 1 aromatic carbocycles. The van der Waals surface area contributed by atoms with Crippen molar-refractivity contribution in [2.75, 3.05) is 13.1 Å². The summed E-state index contributed by atoms with van der Waals surface area (Å²) in [6, 6.07) is 5.54. The van der Waals surface area contributed by atoms with Gasteiger partial charge in [0.25, 0.3) is 5.91 Å². The molecule has 0 aliphatic rings. The summed E-state index contributed by atoms with van der Waals surface area (Å²) in [6.07, 6.45) is 0. The van der Waals surface area contributed by atoms with E-state index in [-0.39, 0.29) is 24.1 Å². The Bertz CT molecular complexity index is 676. The van der Waals surface area contributed by atoms with E-state index < -0.39 is 5.97 Å². The van der Waals surface area contributed by atoms with E-state index in [2.05, 4.69) is 0 Å². The number of carbonyl (C=O) groups is 2. The smallest absolute Gasteiger partial charge is 0.323 e. The number of nitrogens with zero attached hydrogens (tertiary/aromatic N) is 1. The van der Waals surface area contributed by atoms with E-state index in [0.717, 1.165) is 16.5 Å². The van der Waals surface area contributed by atoms with Crippen LogP contribution in [-0.4, -0.2) is 35.0 Å². The van der Waals surface area contributed by atoms with Crippen molar-refractivity contribution < 1.29 is 19.1 Å². The number of fused-ring (bicyclic) bond motifs is 1. The summed E-state index contributed by atoms with van der Waals surface area (Å²) in [6.45, 7) is 7.90. The SMILES string of the molecule is Cc1cc2cc(C(=O)N(CC(=O)O)CC(C)C)oc2cc1C. The zero-order chi connectivity index (χ0) is 16.4. The second-order valence-electron chi connectivity index (χ2n) is 6.06. The lowest BCUT2D eigenvalue weighted by Gasteiger charge is -2.21. The predicted molar refractivity (Wildman–Crippen MR) is 84.1 cm³/mol. The van der Waals surface area contributed by atoms with Gasteiger partial charge in [0.1, 0.15) is 12.1 Å². The van der Waals surface area contributed by atoms with E-state index in [4.69, 9.17) is 9.52 Å². The van der Waals surface area contributed by atoms with Gasteiger partial charge in [0.05, 0.1) is 0 Å². The Morgan fingerprint density at radius 1 is 1.18 bits per heavy atom. The Balaban J connectivity index is 2.35. The first-order valence-corrected chi connectivity index (χ1v) is 7.29. The molecule has 22 heavy (non-hydrogen) atoms. The lowest BCUT2D eigenvalue weighted by molar-refractivity contribution is -0.137. The first-order chi connectivity index (χ1) is 10.3. The van der Waals surface area contributed by atoms with Crippen LogP contribution in [-0.2, 0) is 4.79 Å². The molecule has 2 rings (SSSR count). The van der Waals surface area contributed by atoms with Crippen molar-refractivity contribution in [3.8, 4) is 0 Å². The summed E-state index contributed by atoms with van der Waals surface area (Å²) >= 11 is 0. The van der Waals surface area contributed by atoms with E-state index in [1.807, 2.05) is 39.8 Å². The van der Waals surface area contributed by atoms with Crippen LogP contribution in [0.5, 0.6) is 0 Å². The predicted octanol–water partition coefficient (Wildman–Crippen LogP) is 3.23. The van der Waals surface area contributed by atoms with Crippen molar-refractivity contribution in [3.05, 3.63) is 35.1 Å². The number of amides is 1. The fourth-order valence-electron chi connectivity index (χ4n) is 2.39. The third kappa shape index (κ3) is 3.47. The summed E-state index contributed by atoms with van der Waals surface area (Å²) in [7, 11) is 0. The highest BCUT2D eigenvalue weighted by atomic mass is 16.4. The molecule has 2 aromatic rings. The van der Waals surface area contributed by atoms with Gasteiger partial charge in [0.15, 0.2) is 5.76 Å². The Morgan fingerprint density at radius 2 is 1.82 bits per heavy atom. The monoisotopic (exact) mass is 303 g/mol. The number of aliphatic carboxylic acids is 1. The van der Waals surface area contributed by atoms with Gasteiger partial charge in [0.2, 0.25) is 0 Å². The van der Waals surface area contributed by atoms with E-state index in [0.29, 0.717) is 12.1 Å². The lowest BCUT2D eigenvalue weighted by atomic mass is 10.1. The molecule has 0 fully saturated rings. The summed E-state index contributed by atoms with van der Waals surface area (Å²) in [4.78, 5) is 24.8. The van der Waals surface area contributed by atoms with E-state index in [1.165, 1.54) is 4.90 Å². The molecule has 118 valence electrons. The number of furan rings is 1. The third-order valence-corrected chi connectivity index (χ3v) is 3.54. The maximum absolute atomic E-state index is 12.5. The maximum Gasteiger partial charge on any atom is 0.323 e. The molecule has 1 heterocycles. The van der Waals surface area contributed by atoms with Crippen LogP contribution in [0.2, 0.25) is 0 Å². The number of hydrogen-bond acceptors (Lipinski definition) is 3. The number of carboxylic acid groups (broad SMARTS) is 1. The molecule has 0 aliphatic carbocycles. The number of carboxylic acids is 1. The molecule has 1 N–H and O–H groups in total. The Morgan fingerprint density at radius 3 is 2.41 bits per heavy atom. The Hall–Kier alpha value is -2.30. The topological polar surface area (TPSA) is 70.8 Å². The fraction of sp³-hybridized carbons (Fsp3) is 0.412. The van der Waals surface area contributed by atoms with Gasteiger partial charge < -0.3 is 14.4 Å². The molecular weight excluding hydrogens is 282 g/mol. The van der Waals surface area contributed by atoms with Crippen LogP contribution >= 0.6 is 0 Å². The molecular formula is C17H21NO4. The van der Waals surface area contributed by atoms with Gasteiger partial charge in [-0.05, 0) is 49.1 Å². The second-order valence-corrected chi connectivity index (χ2v) is 6.06. The van der Waals surface area contributed by atoms with Crippen molar-refractivity contribution in [2.45, 2.75) is 27.7 Å². The number of aryl methyl sites for hydroxylation is 2. The standard InChI is InChI=1S/C17H21NO4/c1-10(2)8-18(9-16(19)20)17(21)15-7-13-5-11(3)12(4)6-14(13)22-15/h5-7,10H,8-9H2,1-4H3,(H,19,20). The quantitative estimate of drug-likeness (QED) is 0.920. The zero-order valence-corrected chi connectivity index (χ0v) is 13.3. The van der Waals surface area contributed by atoms with E-state index >= 15 is 0 Å². The molecule has 1 amide bonds. The van der Waals surface area contributed by atoms with Crippen LogP contribution in [0.25, 0.3) is 11.0 Å². The van der Waals surface area contributed by atoms with Gasteiger partial charge in [0, 0.05) is 11.9 Å². The highest BCUT2D eigenvalue weighted by Crippen LogP contribution is 2.24. The van der Waals surface area contributed by atoms with Crippen LogP contribution in [0.3, 0.4) is 0 Å². The number of carbonyl (C=O) groups excluding carboxylic acids is 1. The first-order valence-electron chi connectivity index (χ1n) is 7.29. The molecule has 0 aliphatic heterocycles. The molecule has 0 spiro atoms. The largest absolute Gasteiger partial charge is 0.480 e. The molecule has 5 nitrogen and oxygen atoms in total. The van der Waals surface area contributed by atoms with Crippen molar-refractivity contribution in [1.29, 1.82) is 0 Å². The lowest BCUT2D eigenvalue weighted by Crippen LogP contribution is -2.38. The van der Waals surface area contributed by atoms with Gasteiger partial charge in [-0.25, -0.2) is 0 Å². The average molecular weight is 303 g/mol. The van der Waals surface area contributed by atoms with Crippen molar-refractivity contribution in [2.24, 2.45) is 5.92 Å². The first kappa shape index (κ1) is 16.1. The number of benzene rings is 1. The Labute approximate surface area is 129 Å². The van der Waals surface area contributed by atoms with Gasteiger partial charge in [-0.1, -0.05) is 13.8 Å². The van der Waals surface area contributed by atoms with Crippen LogP contribution < -0.4 is 0 Å². The molecule has 0 saturated carbocycles. The minimum atomic E-state index is -1.03.